The second kappa shape index (κ2) is 10.5. The van der Waals surface area contributed by atoms with Crippen molar-refractivity contribution in [1.29, 1.82) is 0 Å². The summed E-state index contributed by atoms with van der Waals surface area (Å²) in [7, 11) is 0.889. The average Bonchev–Trinajstić information content (AvgIpc) is 2.62. The third-order valence-electron chi connectivity index (χ3n) is 6.20. The number of nitrogens with zero attached hydrogens (tertiary/aromatic N) is 3. The highest BCUT2D eigenvalue weighted by atomic mass is 16.6. The number of rotatable bonds is 7. The molecular formula is C21H31N3O6. The van der Waals surface area contributed by atoms with Gasteiger partial charge in [0.2, 0.25) is 6.54 Å². The van der Waals surface area contributed by atoms with E-state index >= 15 is 0 Å². The van der Waals surface area contributed by atoms with Crippen LogP contribution in [0.5, 0.6) is 0 Å². The predicted molar refractivity (Wildman–Crippen MR) is 111 cm³/mol. The fraction of sp³-hybridized carbons (Fsp3) is 0.667. The van der Waals surface area contributed by atoms with Gasteiger partial charge in [-0.15, -0.1) is 0 Å². The quantitative estimate of drug-likeness (QED) is 0.377. The summed E-state index contributed by atoms with van der Waals surface area (Å²) in [6.07, 6.45) is 4.41. The number of hydrogen-bond donors (Lipinski definition) is 0. The molecule has 0 N–H and O–H groups in total. The largest absolute Gasteiger partial charge is 0.466 e. The summed E-state index contributed by atoms with van der Waals surface area (Å²) in [5, 5.41) is 20.1. The van der Waals surface area contributed by atoms with Crippen molar-refractivity contribution in [3.05, 3.63) is 56.1 Å². The van der Waals surface area contributed by atoms with Crippen molar-refractivity contribution >= 4 is 5.97 Å². The molecule has 1 aromatic rings. The Labute approximate surface area is 176 Å². The molecule has 0 bridgehead atoms. The minimum absolute atomic E-state index is 0.0474. The van der Waals surface area contributed by atoms with E-state index in [0.717, 1.165) is 33.0 Å². The lowest BCUT2D eigenvalue weighted by Gasteiger charge is -2.54. The Hall–Kier alpha value is -2.55. The van der Waals surface area contributed by atoms with Crippen LogP contribution in [0.15, 0.2) is 30.3 Å². The summed E-state index contributed by atoms with van der Waals surface area (Å²) in [4.78, 5) is 33.9. The van der Waals surface area contributed by atoms with E-state index in [1.54, 1.807) is 6.92 Å². The molecule has 9 nitrogen and oxygen atoms in total. The van der Waals surface area contributed by atoms with Crippen molar-refractivity contribution in [2.75, 3.05) is 33.3 Å². The van der Waals surface area contributed by atoms with E-state index in [-0.39, 0.29) is 29.4 Å². The smallest absolute Gasteiger partial charge is 0.306 e. The highest BCUT2D eigenvalue weighted by molar-refractivity contribution is 5.70. The monoisotopic (exact) mass is 421 g/mol. The van der Waals surface area contributed by atoms with Gasteiger partial charge < -0.3 is 4.74 Å². The van der Waals surface area contributed by atoms with Crippen molar-refractivity contribution in [2.45, 2.75) is 51.0 Å². The summed E-state index contributed by atoms with van der Waals surface area (Å²) >= 11 is 0. The van der Waals surface area contributed by atoms with Gasteiger partial charge in [0.15, 0.2) is 7.05 Å². The summed E-state index contributed by atoms with van der Waals surface area (Å²) in [6.45, 7) is 4.08. The Balaban J connectivity index is 0.000000735. The number of likely N-dealkylation sites (tertiary alicyclic amines) is 1. The molecule has 0 amide bonds. The third-order valence-corrected chi connectivity index (χ3v) is 6.20. The average molecular weight is 421 g/mol. The zero-order valence-corrected chi connectivity index (χ0v) is 17.7. The summed E-state index contributed by atoms with van der Waals surface area (Å²) in [6, 6.07) is 10.5. The SMILES string of the molecule is CCOC(=O)CC1(C[N+](=O)[O-])CCC(c2ccccc2)(N2CCC2)CC1.C[N+](=O)[O-]. The maximum atomic E-state index is 12.1. The van der Waals surface area contributed by atoms with Gasteiger partial charge in [0.1, 0.15) is 0 Å². The topological polar surface area (TPSA) is 116 Å². The Bertz CT molecular complexity index is 724. The van der Waals surface area contributed by atoms with Gasteiger partial charge in [0, 0.05) is 33.9 Å². The minimum atomic E-state index is -0.584. The van der Waals surface area contributed by atoms with Crippen LogP contribution in [0.4, 0.5) is 0 Å². The molecule has 1 aliphatic heterocycles. The number of nitro groups is 2. The van der Waals surface area contributed by atoms with E-state index in [0.29, 0.717) is 19.4 Å². The lowest BCUT2D eigenvalue weighted by Crippen LogP contribution is -2.56. The minimum Gasteiger partial charge on any atom is -0.466 e. The number of benzene rings is 1. The van der Waals surface area contributed by atoms with Crippen molar-refractivity contribution < 1.29 is 19.4 Å². The van der Waals surface area contributed by atoms with E-state index in [4.69, 9.17) is 14.9 Å². The van der Waals surface area contributed by atoms with Gasteiger partial charge in [-0.05, 0) is 44.6 Å². The molecule has 1 aliphatic carbocycles. The van der Waals surface area contributed by atoms with Crippen LogP contribution in [0.2, 0.25) is 0 Å². The molecule has 166 valence electrons. The highest BCUT2D eigenvalue weighted by Crippen LogP contribution is 2.51. The fourth-order valence-electron chi connectivity index (χ4n) is 4.66. The van der Waals surface area contributed by atoms with Crippen LogP contribution in [-0.2, 0) is 15.1 Å². The molecule has 1 saturated heterocycles. The van der Waals surface area contributed by atoms with Gasteiger partial charge in [0.25, 0.3) is 0 Å². The van der Waals surface area contributed by atoms with E-state index in [9.17, 15) is 14.9 Å². The molecule has 0 aromatic heterocycles. The normalized spacial score (nSPS) is 25.9. The molecule has 2 aliphatic rings. The summed E-state index contributed by atoms with van der Waals surface area (Å²) in [5.74, 6) is -0.314. The maximum Gasteiger partial charge on any atom is 0.306 e. The molecule has 1 aromatic carbocycles. The Morgan fingerprint density at radius 1 is 1.10 bits per heavy atom. The first-order chi connectivity index (χ1) is 14.2. The second-order valence-corrected chi connectivity index (χ2v) is 8.15. The van der Waals surface area contributed by atoms with Crippen LogP contribution < -0.4 is 0 Å². The lowest BCUT2D eigenvalue weighted by molar-refractivity contribution is -0.499. The zero-order chi connectivity index (χ0) is 22.2. The zero-order valence-electron chi connectivity index (χ0n) is 17.7. The summed E-state index contributed by atoms with van der Waals surface area (Å²) in [5.41, 5.74) is 0.665. The van der Waals surface area contributed by atoms with Gasteiger partial charge in [-0.2, -0.15) is 0 Å². The fourth-order valence-corrected chi connectivity index (χ4v) is 4.66. The molecule has 2 fully saturated rings. The van der Waals surface area contributed by atoms with Gasteiger partial charge in [-0.1, -0.05) is 30.3 Å². The number of carbonyl (C=O) groups excluding carboxylic acids is 1. The number of carbonyl (C=O) groups is 1. The third kappa shape index (κ3) is 5.98. The molecule has 0 spiro atoms. The van der Waals surface area contributed by atoms with Crippen LogP contribution in [0.3, 0.4) is 0 Å². The Kier molecular flexibility index (Phi) is 8.28. The first-order valence-corrected chi connectivity index (χ1v) is 10.4. The molecular weight excluding hydrogens is 390 g/mol. The van der Waals surface area contributed by atoms with E-state index in [2.05, 4.69) is 29.2 Å². The molecule has 0 radical (unpaired) electrons. The first-order valence-electron chi connectivity index (χ1n) is 10.4. The molecule has 30 heavy (non-hydrogen) atoms. The van der Waals surface area contributed by atoms with E-state index < -0.39 is 10.3 Å². The molecule has 1 saturated carbocycles. The van der Waals surface area contributed by atoms with Crippen molar-refractivity contribution in [3.63, 3.8) is 0 Å². The molecule has 9 heteroatoms. The Morgan fingerprint density at radius 2 is 1.67 bits per heavy atom. The van der Waals surface area contributed by atoms with Crippen LogP contribution in [0.25, 0.3) is 0 Å². The predicted octanol–water partition coefficient (Wildman–Crippen LogP) is 3.27. The first kappa shape index (κ1) is 23.7. The molecule has 3 rings (SSSR count). The van der Waals surface area contributed by atoms with Gasteiger partial charge in [0.05, 0.1) is 13.0 Å². The van der Waals surface area contributed by atoms with Crippen molar-refractivity contribution in [3.8, 4) is 0 Å². The number of hydrogen-bond acceptors (Lipinski definition) is 7. The van der Waals surface area contributed by atoms with Gasteiger partial charge in [-0.3, -0.25) is 29.9 Å². The molecule has 0 unspecified atom stereocenters. The second-order valence-electron chi connectivity index (χ2n) is 8.15. The molecule has 0 atom stereocenters. The van der Waals surface area contributed by atoms with Gasteiger partial charge >= 0.3 is 5.97 Å². The maximum absolute atomic E-state index is 12.1. The standard InChI is InChI=1S/C20H28N2O4.CH3NO2/c1-2-26-18(23)15-19(16-22(24)25)9-11-20(12-10-19,21-13-6-14-21)17-7-4-3-5-8-17;1-2(3)4/h3-5,7-8H,2,6,9-16H2,1H3;1H3. The van der Waals surface area contributed by atoms with E-state index in [1.807, 2.05) is 6.07 Å². The number of esters is 1. The van der Waals surface area contributed by atoms with Gasteiger partial charge in [-0.25, -0.2) is 0 Å². The van der Waals surface area contributed by atoms with Crippen LogP contribution in [0, 0.1) is 25.6 Å². The molecule has 1 heterocycles. The van der Waals surface area contributed by atoms with E-state index in [1.165, 1.54) is 12.0 Å². The highest BCUT2D eigenvalue weighted by Gasteiger charge is 2.50. The summed E-state index contributed by atoms with van der Waals surface area (Å²) < 4.78 is 5.10. The Morgan fingerprint density at radius 3 is 2.10 bits per heavy atom. The number of ether oxygens (including phenoxy) is 1. The van der Waals surface area contributed by atoms with Crippen LogP contribution >= 0.6 is 0 Å². The van der Waals surface area contributed by atoms with Crippen LogP contribution in [-0.4, -0.2) is 54.0 Å². The lowest BCUT2D eigenvalue weighted by atomic mass is 9.62. The van der Waals surface area contributed by atoms with Crippen LogP contribution in [0.1, 0.15) is 51.0 Å². The van der Waals surface area contributed by atoms with Crippen molar-refractivity contribution in [2.24, 2.45) is 5.41 Å². The van der Waals surface area contributed by atoms with Crippen molar-refractivity contribution in [1.82, 2.24) is 4.90 Å².